The Morgan fingerprint density at radius 3 is 3.00 bits per heavy atom. The van der Waals surface area contributed by atoms with E-state index in [0.717, 1.165) is 0 Å². The molecule has 2 heterocycles. The molecule has 0 aromatic carbocycles. The number of hydrogen-bond donors (Lipinski definition) is 3. The average molecular weight is 180 g/mol. The molecule has 68 valence electrons. The summed E-state index contributed by atoms with van der Waals surface area (Å²) in [5.41, 5.74) is 1.18. The maximum absolute atomic E-state index is 11.2. The van der Waals surface area contributed by atoms with Gasteiger partial charge in [0.2, 0.25) is 0 Å². The summed E-state index contributed by atoms with van der Waals surface area (Å²) in [5.74, 6) is -1.22. The lowest BCUT2D eigenvalue weighted by Gasteiger charge is -2.12. The highest BCUT2D eigenvalue weighted by molar-refractivity contribution is 6.00. The number of carbonyl (C=O) groups is 2. The van der Waals surface area contributed by atoms with Gasteiger partial charge in [-0.1, -0.05) is 0 Å². The van der Waals surface area contributed by atoms with Crippen LogP contribution >= 0.6 is 0 Å². The van der Waals surface area contributed by atoms with Gasteiger partial charge in [-0.2, -0.15) is 0 Å². The van der Waals surface area contributed by atoms with Crippen LogP contribution < -0.4 is 5.32 Å². The molecule has 1 aliphatic rings. The third kappa shape index (κ3) is 1.09. The summed E-state index contributed by atoms with van der Waals surface area (Å²) in [5, 5.41) is 11.4. The first-order valence-electron chi connectivity index (χ1n) is 3.92. The number of amides is 1. The van der Waals surface area contributed by atoms with Gasteiger partial charge in [-0.25, -0.2) is 4.79 Å². The molecule has 5 heteroatoms. The first-order valence-corrected chi connectivity index (χ1v) is 3.92. The number of carboxylic acids is 1. The third-order valence-electron chi connectivity index (χ3n) is 2.11. The maximum Gasteiger partial charge on any atom is 0.337 e. The van der Waals surface area contributed by atoms with Crippen LogP contribution in [0.4, 0.5) is 0 Å². The van der Waals surface area contributed by atoms with E-state index in [1.165, 1.54) is 6.20 Å². The normalized spacial score (nSPS) is 14.9. The number of H-pyrrole nitrogens is 1. The molecule has 0 radical (unpaired) electrons. The SMILES string of the molecule is O=C(O)c1c[nH]c2c1CCNC2=O. The first-order chi connectivity index (χ1) is 6.20. The van der Waals surface area contributed by atoms with Crippen LogP contribution in [0.15, 0.2) is 6.20 Å². The van der Waals surface area contributed by atoms with Crippen LogP contribution in [-0.4, -0.2) is 28.5 Å². The zero-order valence-corrected chi connectivity index (χ0v) is 6.76. The quantitative estimate of drug-likeness (QED) is 0.568. The summed E-state index contributed by atoms with van der Waals surface area (Å²) in [6, 6.07) is 0. The lowest BCUT2D eigenvalue weighted by molar-refractivity contribution is 0.0696. The molecular weight excluding hydrogens is 172 g/mol. The number of aromatic carboxylic acids is 1. The van der Waals surface area contributed by atoms with Gasteiger partial charge < -0.3 is 15.4 Å². The fourth-order valence-electron chi connectivity index (χ4n) is 1.50. The summed E-state index contributed by atoms with van der Waals surface area (Å²) in [6.07, 6.45) is 1.93. The number of carboxylic acid groups (broad SMARTS) is 1. The summed E-state index contributed by atoms with van der Waals surface area (Å²) in [4.78, 5) is 24.5. The van der Waals surface area contributed by atoms with Crippen molar-refractivity contribution < 1.29 is 14.7 Å². The minimum absolute atomic E-state index is 0.199. The van der Waals surface area contributed by atoms with E-state index >= 15 is 0 Å². The van der Waals surface area contributed by atoms with Crippen LogP contribution in [0.1, 0.15) is 26.4 Å². The maximum atomic E-state index is 11.2. The molecule has 0 spiro atoms. The molecule has 0 bridgehead atoms. The molecule has 0 saturated heterocycles. The van der Waals surface area contributed by atoms with Crippen molar-refractivity contribution in [1.82, 2.24) is 10.3 Å². The van der Waals surface area contributed by atoms with Crippen molar-refractivity contribution in [2.75, 3.05) is 6.54 Å². The lowest BCUT2D eigenvalue weighted by atomic mass is 10.0. The first kappa shape index (κ1) is 7.85. The Morgan fingerprint density at radius 1 is 1.54 bits per heavy atom. The zero-order valence-electron chi connectivity index (χ0n) is 6.76. The van der Waals surface area contributed by atoms with Crippen molar-refractivity contribution in [2.24, 2.45) is 0 Å². The van der Waals surface area contributed by atoms with Crippen molar-refractivity contribution in [3.8, 4) is 0 Å². The molecule has 1 amide bonds. The molecule has 1 aliphatic heterocycles. The molecule has 5 nitrogen and oxygen atoms in total. The largest absolute Gasteiger partial charge is 0.478 e. The van der Waals surface area contributed by atoms with Crippen molar-refractivity contribution in [2.45, 2.75) is 6.42 Å². The molecule has 0 saturated carbocycles. The molecule has 1 aromatic rings. The minimum Gasteiger partial charge on any atom is -0.478 e. The zero-order chi connectivity index (χ0) is 9.42. The van der Waals surface area contributed by atoms with Gasteiger partial charge in [0.25, 0.3) is 5.91 Å². The Balaban J connectivity index is 2.53. The summed E-state index contributed by atoms with van der Waals surface area (Å²) in [6.45, 7) is 0.504. The highest BCUT2D eigenvalue weighted by Crippen LogP contribution is 2.17. The number of nitrogens with one attached hydrogen (secondary N) is 2. The van der Waals surface area contributed by atoms with Gasteiger partial charge >= 0.3 is 5.97 Å². The number of aromatic amines is 1. The van der Waals surface area contributed by atoms with Gasteiger partial charge in [-0.3, -0.25) is 4.79 Å². The Kier molecular flexibility index (Phi) is 1.58. The molecular formula is C8H8N2O3. The number of fused-ring (bicyclic) bond motifs is 1. The van der Waals surface area contributed by atoms with E-state index in [0.29, 0.717) is 24.2 Å². The third-order valence-corrected chi connectivity index (χ3v) is 2.11. The van der Waals surface area contributed by atoms with Crippen molar-refractivity contribution in [3.05, 3.63) is 23.0 Å². The predicted octanol–water partition coefficient (Wildman–Crippen LogP) is -0.00120. The van der Waals surface area contributed by atoms with Crippen LogP contribution in [0.2, 0.25) is 0 Å². The van der Waals surface area contributed by atoms with Crippen LogP contribution in [0, 0.1) is 0 Å². The molecule has 0 unspecified atom stereocenters. The predicted molar refractivity (Wildman–Crippen MR) is 43.8 cm³/mol. The van der Waals surface area contributed by atoms with E-state index < -0.39 is 5.97 Å². The number of hydrogen-bond acceptors (Lipinski definition) is 2. The smallest absolute Gasteiger partial charge is 0.337 e. The van der Waals surface area contributed by atoms with Crippen LogP contribution in [-0.2, 0) is 6.42 Å². The van der Waals surface area contributed by atoms with Crippen molar-refractivity contribution in [1.29, 1.82) is 0 Å². The Morgan fingerprint density at radius 2 is 2.31 bits per heavy atom. The molecule has 0 atom stereocenters. The molecule has 1 aromatic heterocycles. The number of rotatable bonds is 1. The number of carbonyl (C=O) groups excluding carboxylic acids is 1. The number of aromatic nitrogens is 1. The summed E-state index contributed by atoms with van der Waals surface area (Å²) < 4.78 is 0. The monoisotopic (exact) mass is 180 g/mol. The van der Waals surface area contributed by atoms with Gasteiger partial charge in [0.1, 0.15) is 5.69 Å². The summed E-state index contributed by atoms with van der Waals surface area (Å²) >= 11 is 0. The summed E-state index contributed by atoms with van der Waals surface area (Å²) in [7, 11) is 0. The molecule has 13 heavy (non-hydrogen) atoms. The van der Waals surface area contributed by atoms with Crippen LogP contribution in [0.5, 0.6) is 0 Å². The minimum atomic E-state index is -0.993. The standard InChI is InChI=1S/C8H8N2O3/c11-7-6-4(1-2-9-7)5(3-10-6)8(12)13/h3,10H,1-2H2,(H,9,11)(H,12,13). The van der Waals surface area contributed by atoms with Crippen LogP contribution in [0.3, 0.4) is 0 Å². The Labute approximate surface area is 73.8 Å². The van der Waals surface area contributed by atoms with E-state index in [9.17, 15) is 9.59 Å². The van der Waals surface area contributed by atoms with E-state index in [4.69, 9.17) is 5.11 Å². The van der Waals surface area contributed by atoms with E-state index in [1.807, 2.05) is 0 Å². The van der Waals surface area contributed by atoms with Gasteiger partial charge in [0, 0.05) is 12.7 Å². The van der Waals surface area contributed by atoms with Crippen molar-refractivity contribution >= 4 is 11.9 Å². The van der Waals surface area contributed by atoms with Gasteiger partial charge in [-0.05, 0) is 12.0 Å². The lowest BCUT2D eigenvalue weighted by Crippen LogP contribution is -2.32. The van der Waals surface area contributed by atoms with Gasteiger partial charge in [-0.15, -0.1) is 0 Å². The second-order valence-corrected chi connectivity index (χ2v) is 2.87. The molecule has 2 rings (SSSR count). The topological polar surface area (TPSA) is 82.2 Å². The average Bonchev–Trinajstić information content (AvgIpc) is 2.48. The van der Waals surface area contributed by atoms with Gasteiger partial charge in [0.15, 0.2) is 0 Å². The van der Waals surface area contributed by atoms with Crippen molar-refractivity contribution in [3.63, 3.8) is 0 Å². The fourth-order valence-corrected chi connectivity index (χ4v) is 1.50. The Hall–Kier alpha value is -1.78. The van der Waals surface area contributed by atoms with Gasteiger partial charge in [0.05, 0.1) is 5.56 Å². The highest BCUT2D eigenvalue weighted by atomic mass is 16.4. The molecule has 3 N–H and O–H groups in total. The van der Waals surface area contributed by atoms with E-state index in [-0.39, 0.29) is 11.5 Å². The molecule has 0 fully saturated rings. The van der Waals surface area contributed by atoms with E-state index in [2.05, 4.69) is 10.3 Å². The second-order valence-electron chi connectivity index (χ2n) is 2.87. The highest BCUT2D eigenvalue weighted by Gasteiger charge is 2.23. The fraction of sp³-hybridized carbons (Fsp3) is 0.250. The van der Waals surface area contributed by atoms with Crippen LogP contribution in [0.25, 0.3) is 0 Å². The molecule has 0 aliphatic carbocycles. The van der Waals surface area contributed by atoms with E-state index in [1.54, 1.807) is 0 Å². The second kappa shape index (κ2) is 2.62. The Bertz CT molecular complexity index is 367.